The molecule has 3 heteroatoms. The van der Waals surface area contributed by atoms with Gasteiger partial charge in [-0.2, -0.15) is 0 Å². The van der Waals surface area contributed by atoms with Crippen molar-refractivity contribution in [1.82, 2.24) is 10.2 Å². The third kappa shape index (κ3) is 4.58. The molecule has 0 aromatic heterocycles. The van der Waals surface area contributed by atoms with Crippen LogP contribution in [0.4, 0.5) is 0 Å². The smallest absolute Gasteiger partial charge is 0.0506 e. The van der Waals surface area contributed by atoms with E-state index in [9.17, 15) is 0 Å². The van der Waals surface area contributed by atoms with Crippen molar-refractivity contribution in [2.24, 2.45) is 5.92 Å². The van der Waals surface area contributed by atoms with Crippen molar-refractivity contribution in [1.29, 1.82) is 0 Å². The lowest BCUT2D eigenvalue weighted by Gasteiger charge is -2.29. The quantitative estimate of drug-likeness (QED) is 0.864. The highest BCUT2D eigenvalue weighted by Gasteiger charge is 2.18. The van der Waals surface area contributed by atoms with Crippen LogP contribution in [0.2, 0.25) is 0 Å². The Morgan fingerprint density at radius 1 is 1.35 bits per heavy atom. The molecular formula is C17H28N2O. The van der Waals surface area contributed by atoms with Crippen molar-refractivity contribution in [3.63, 3.8) is 0 Å². The summed E-state index contributed by atoms with van der Waals surface area (Å²) in [5, 5.41) is 3.43. The van der Waals surface area contributed by atoms with Crippen molar-refractivity contribution in [2.75, 3.05) is 40.4 Å². The molecule has 1 saturated heterocycles. The van der Waals surface area contributed by atoms with E-state index in [1.165, 1.54) is 24.0 Å². The number of hydrogen-bond donors (Lipinski definition) is 1. The summed E-state index contributed by atoms with van der Waals surface area (Å²) in [5.41, 5.74) is 2.68. The second kappa shape index (κ2) is 7.77. The highest BCUT2D eigenvalue weighted by atomic mass is 16.5. The average Bonchev–Trinajstić information content (AvgIpc) is 2.47. The van der Waals surface area contributed by atoms with Gasteiger partial charge in [-0.15, -0.1) is 0 Å². The van der Waals surface area contributed by atoms with Crippen LogP contribution in [0.25, 0.3) is 0 Å². The van der Waals surface area contributed by atoms with Gasteiger partial charge in [0.1, 0.15) is 0 Å². The number of ether oxygens (including phenoxy) is 1. The molecule has 112 valence electrons. The zero-order chi connectivity index (χ0) is 14.4. The van der Waals surface area contributed by atoms with Crippen LogP contribution in [0.3, 0.4) is 0 Å². The second-order valence-electron chi connectivity index (χ2n) is 6.06. The van der Waals surface area contributed by atoms with E-state index in [4.69, 9.17) is 4.74 Å². The lowest BCUT2D eigenvalue weighted by atomic mass is 10.0. The normalized spacial score (nSPS) is 21.1. The standard InChI is InChI=1S/C17H28N2O/c1-14-6-8-16(9-7-14)17(18-2)12-19(3)11-15-5-4-10-20-13-15/h6-9,15,17-18H,4-5,10-13H2,1-3H3. The molecule has 1 fully saturated rings. The zero-order valence-corrected chi connectivity index (χ0v) is 13.1. The van der Waals surface area contributed by atoms with Crippen molar-refractivity contribution in [2.45, 2.75) is 25.8 Å². The van der Waals surface area contributed by atoms with Crippen LogP contribution in [0.1, 0.15) is 30.0 Å². The number of nitrogens with zero attached hydrogens (tertiary/aromatic N) is 1. The first-order valence-corrected chi connectivity index (χ1v) is 7.69. The van der Waals surface area contributed by atoms with Gasteiger partial charge in [-0.1, -0.05) is 29.8 Å². The first-order chi connectivity index (χ1) is 9.69. The summed E-state index contributed by atoms with van der Waals surface area (Å²) in [5.74, 6) is 0.698. The van der Waals surface area contributed by atoms with Crippen LogP contribution in [0.5, 0.6) is 0 Å². The van der Waals surface area contributed by atoms with E-state index in [2.05, 4.69) is 48.5 Å². The Morgan fingerprint density at radius 2 is 2.10 bits per heavy atom. The summed E-state index contributed by atoms with van der Waals surface area (Å²) >= 11 is 0. The van der Waals surface area contributed by atoms with Crippen molar-refractivity contribution >= 4 is 0 Å². The Morgan fingerprint density at radius 3 is 2.70 bits per heavy atom. The Balaban J connectivity index is 1.86. The van der Waals surface area contributed by atoms with Crippen LogP contribution >= 0.6 is 0 Å². The first kappa shape index (κ1) is 15.5. The van der Waals surface area contributed by atoms with E-state index in [-0.39, 0.29) is 0 Å². The molecule has 0 spiro atoms. The third-order valence-corrected chi connectivity index (χ3v) is 4.15. The van der Waals surface area contributed by atoms with Gasteiger partial charge in [-0.3, -0.25) is 0 Å². The van der Waals surface area contributed by atoms with Gasteiger partial charge in [0.15, 0.2) is 0 Å². The van der Waals surface area contributed by atoms with Crippen LogP contribution < -0.4 is 5.32 Å². The van der Waals surface area contributed by atoms with E-state index >= 15 is 0 Å². The Labute approximate surface area is 123 Å². The Bertz CT molecular complexity index is 384. The Kier molecular flexibility index (Phi) is 6.02. The minimum absolute atomic E-state index is 0.394. The molecule has 0 aliphatic carbocycles. The number of rotatable bonds is 6. The van der Waals surface area contributed by atoms with E-state index in [1.54, 1.807) is 0 Å². The molecule has 1 aromatic carbocycles. The monoisotopic (exact) mass is 276 g/mol. The third-order valence-electron chi connectivity index (χ3n) is 4.15. The number of aryl methyl sites for hydroxylation is 1. The van der Waals surface area contributed by atoms with Crippen LogP contribution in [0.15, 0.2) is 24.3 Å². The molecule has 0 saturated carbocycles. The van der Waals surface area contributed by atoms with Gasteiger partial charge >= 0.3 is 0 Å². The molecule has 1 heterocycles. The molecule has 1 aliphatic heterocycles. The molecule has 3 nitrogen and oxygen atoms in total. The van der Waals surface area contributed by atoms with Crippen LogP contribution in [-0.4, -0.2) is 45.3 Å². The predicted octanol–water partition coefficient (Wildman–Crippen LogP) is 2.61. The van der Waals surface area contributed by atoms with Crippen LogP contribution in [-0.2, 0) is 4.74 Å². The van der Waals surface area contributed by atoms with Gasteiger partial charge < -0.3 is 15.0 Å². The van der Waals surface area contributed by atoms with Crippen LogP contribution in [0, 0.1) is 12.8 Å². The maximum atomic E-state index is 5.57. The maximum absolute atomic E-state index is 5.57. The van der Waals surface area contributed by atoms with Gasteiger partial charge in [-0.25, -0.2) is 0 Å². The van der Waals surface area contributed by atoms with Gasteiger partial charge in [0.25, 0.3) is 0 Å². The van der Waals surface area contributed by atoms with Crippen molar-refractivity contribution in [3.05, 3.63) is 35.4 Å². The maximum Gasteiger partial charge on any atom is 0.0506 e. The van der Waals surface area contributed by atoms with Gasteiger partial charge in [0, 0.05) is 25.7 Å². The highest BCUT2D eigenvalue weighted by Crippen LogP contribution is 2.18. The highest BCUT2D eigenvalue weighted by molar-refractivity contribution is 5.24. The number of nitrogens with one attached hydrogen (secondary N) is 1. The second-order valence-corrected chi connectivity index (χ2v) is 6.06. The first-order valence-electron chi connectivity index (χ1n) is 7.69. The van der Waals surface area contributed by atoms with Gasteiger partial charge in [-0.05, 0) is 45.3 Å². The molecule has 0 amide bonds. The minimum atomic E-state index is 0.394. The van der Waals surface area contributed by atoms with Crippen molar-refractivity contribution < 1.29 is 4.74 Å². The number of likely N-dealkylation sites (N-methyl/N-ethyl adjacent to an activating group) is 2. The van der Waals surface area contributed by atoms with E-state index in [0.717, 1.165) is 26.3 Å². The fourth-order valence-electron chi connectivity index (χ4n) is 2.94. The summed E-state index contributed by atoms with van der Waals surface area (Å²) in [4.78, 5) is 2.43. The summed E-state index contributed by atoms with van der Waals surface area (Å²) in [6.45, 7) is 6.18. The molecule has 0 bridgehead atoms. The summed E-state index contributed by atoms with van der Waals surface area (Å²) in [6, 6.07) is 9.23. The Hall–Kier alpha value is -0.900. The van der Waals surface area contributed by atoms with Gasteiger partial charge in [0.05, 0.1) is 6.61 Å². The number of benzene rings is 1. The molecule has 2 atom stereocenters. The molecule has 0 radical (unpaired) electrons. The molecule has 20 heavy (non-hydrogen) atoms. The molecule has 1 N–H and O–H groups in total. The number of hydrogen-bond acceptors (Lipinski definition) is 3. The fraction of sp³-hybridized carbons (Fsp3) is 0.647. The molecular weight excluding hydrogens is 248 g/mol. The SMILES string of the molecule is CNC(CN(C)CC1CCCOC1)c1ccc(C)cc1. The van der Waals surface area contributed by atoms with Gasteiger partial charge in [0.2, 0.25) is 0 Å². The summed E-state index contributed by atoms with van der Waals surface area (Å²) in [7, 11) is 4.26. The lowest BCUT2D eigenvalue weighted by molar-refractivity contribution is 0.0410. The summed E-state index contributed by atoms with van der Waals surface area (Å²) in [6.07, 6.45) is 2.52. The molecule has 1 aliphatic rings. The molecule has 2 rings (SSSR count). The molecule has 2 unspecified atom stereocenters. The topological polar surface area (TPSA) is 24.5 Å². The lowest BCUT2D eigenvalue weighted by Crippen LogP contribution is -2.36. The van der Waals surface area contributed by atoms with Crippen molar-refractivity contribution in [3.8, 4) is 0 Å². The zero-order valence-electron chi connectivity index (χ0n) is 13.1. The van der Waals surface area contributed by atoms with E-state index in [0.29, 0.717) is 12.0 Å². The van der Waals surface area contributed by atoms with E-state index < -0.39 is 0 Å². The summed E-state index contributed by atoms with van der Waals surface area (Å²) < 4.78 is 5.57. The minimum Gasteiger partial charge on any atom is -0.381 e. The molecule has 1 aromatic rings. The fourth-order valence-corrected chi connectivity index (χ4v) is 2.94. The predicted molar refractivity (Wildman–Crippen MR) is 84.0 cm³/mol. The largest absolute Gasteiger partial charge is 0.381 e. The van der Waals surface area contributed by atoms with E-state index in [1.807, 2.05) is 7.05 Å². The average molecular weight is 276 g/mol.